The van der Waals surface area contributed by atoms with Crippen molar-refractivity contribution in [2.45, 2.75) is 45.2 Å². The Morgan fingerprint density at radius 2 is 2.00 bits per heavy atom. The zero-order valence-corrected chi connectivity index (χ0v) is 12.3. The summed E-state index contributed by atoms with van der Waals surface area (Å²) in [6, 6.07) is 9.02. The maximum atomic E-state index is 3.80. The molecule has 2 nitrogen and oxygen atoms in total. The normalized spacial score (nSPS) is 29.2. The van der Waals surface area contributed by atoms with Crippen LogP contribution in [0.3, 0.4) is 0 Å². The second-order valence-corrected chi connectivity index (χ2v) is 6.67. The molecule has 104 valence electrons. The Balaban J connectivity index is 1.67. The van der Waals surface area contributed by atoms with Crippen LogP contribution in [-0.2, 0) is 6.54 Å². The molecule has 3 rings (SSSR count). The van der Waals surface area contributed by atoms with E-state index >= 15 is 0 Å². The Bertz CT molecular complexity index is 421. The number of hydrogen-bond donors (Lipinski definition) is 1. The maximum Gasteiger partial charge on any atom is 0.0308 e. The fourth-order valence-electron chi connectivity index (χ4n) is 3.36. The molecule has 1 N–H and O–H groups in total. The highest BCUT2D eigenvalue weighted by atomic mass is 15.2. The van der Waals surface area contributed by atoms with Gasteiger partial charge in [0.25, 0.3) is 0 Å². The second kappa shape index (κ2) is 5.26. The molecule has 0 amide bonds. The molecule has 2 fully saturated rings. The number of rotatable bonds is 3. The van der Waals surface area contributed by atoms with Crippen LogP contribution in [-0.4, -0.2) is 30.1 Å². The fraction of sp³-hybridized carbons (Fsp3) is 0.647. The summed E-state index contributed by atoms with van der Waals surface area (Å²) in [5.74, 6) is 0.908. The summed E-state index contributed by atoms with van der Waals surface area (Å²) in [5.41, 5.74) is 3.15. The van der Waals surface area contributed by atoms with E-state index in [2.05, 4.69) is 48.3 Å². The number of nitrogens with one attached hydrogen (secondary N) is 1. The molecule has 0 spiro atoms. The summed E-state index contributed by atoms with van der Waals surface area (Å²) in [6.45, 7) is 9.29. The van der Waals surface area contributed by atoms with Crippen LogP contribution in [0, 0.1) is 12.8 Å². The monoisotopic (exact) mass is 258 g/mol. The highest BCUT2D eigenvalue weighted by Crippen LogP contribution is 2.40. The number of aryl methyl sites for hydroxylation is 1. The molecule has 0 bridgehead atoms. The maximum absolute atomic E-state index is 3.80. The summed E-state index contributed by atoms with van der Waals surface area (Å²) >= 11 is 0. The van der Waals surface area contributed by atoms with Crippen molar-refractivity contribution in [1.29, 1.82) is 0 Å². The van der Waals surface area contributed by atoms with Crippen molar-refractivity contribution in [1.82, 2.24) is 10.2 Å². The van der Waals surface area contributed by atoms with E-state index in [0.717, 1.165) is 12.5 Å². The van der Waals surface area contributed by atoms with Crippen LogP contribution in [0.4, 0.5) is 0 Å². The van der Waals surface area contributed by atoms with Crippen LogP contribution in [0.15, 0.2) is 24.3 Å². The standard InChI is InChI=1S/C17H26N2/c1-14-4-6-15(7-5-14)12-19-11-3-10-18-17(2,13-19)16-8-9-16/h4-7,16,18H,3,8-13H2,1-2H3. The predicted molar refractivity (Wildman–Crippen MR) is 80.2 cm³/mol. The summed E-state index contributed by atoms with van der Waals surface area (Å²) < 4.78 is 0. The molecule has 0 radical (unpaired) electrons. The van der Waals surface area contributed by atoms with Gasteiger partial charge in [-0.05, 0) is 57.7 Å². The van der Waals surface area contributed by atoms with Crippen LogP contribution >= 0.6 is 0 Å². The molecule has 1 unspecified atom stereocenters. The van der Waals surface area contributed by atoms with Crippen molar-refractivity contribution in [2.24, 2.45) is 5.92 Å². The molecule has 1 aliphatic heterocycles. The third-order valence-electron chi connectivity index (χ3n) is 4.74. The van der Waals surface area contributed by atoms with E-state index < -0.39 is 0 Å². The molecule has 1 saturated carbocycles. The van der Waals surface area contributed by atoms with Crippen molar-refractivity contribution >= 4 is 0 Å². The lowest BCUT2D eigenvalue weighted by Crippen LogP contribution is -2.50. The molecular weight excluding hydrogens is 232 g/mol. The molecule has 1 aromatic rings. The van der Waals surface area contributed by atoms with Gasteiger partial charge in [0.15, 0.2) is 0 Å². The van der Waals surface area contributed by atoms with E-state index in [9.17, 15) is 0 Å². The van der Waals surface area contributed by atoms with E-state index in [0.29, 0.717) is 5.54 Å². The lowest BCUT2D eigenvalue weighted by Gasteiger charge is -2.34. The third kappa shape index (κ3) is 3.18. The Hall–Kier alpha value is -0.860. The fourth-order valence-corrected chi connectivity index (χ4v) is 3.36. The van der Waals surface area contributed by atoms with E-state index in [-0.39, 0.29) is 0 Å². The molecule has 0 aromatic heterocycles. The van der Waals surface area contributed by atoms with Crippen LogP contribution < -0.4 is 5.32 Å². The molecule has 2 heteroatoms. The smallest absolute Gasteiger partial charge is 0.0308 e. The van der Waals surface area contributed by atoms with Gasteiger partial charge in [-0.3, -0.25) is 4.90 Å². The van der Waals surface area contributed by atoms with Gasteiger partial charge in [-0.25, -0.2) is 0 Å². The Labute approximate surface area is 117 Å². The van der Waals surface area contributed by atoms with E-state index in [1.807, 2.05) is 0 Å². The lowest BCUT2D eigenvalue weighted by atomic mass is 9.95. The Kier molecular flexibility index (Phi) is 3.64. The summed E-state index contributed by atoms with van der Waals surface area (Å²) in [6.07, 6.45) is 4.11. The second-order valence-electron chi connectivity index (χ2n) is 6.67. The van der Waals surface area contributed by atoms with Crippen molar-refractivity contribution in [3.05, 3.63) is 35.4 Å². The van der Waals surface area contributed by atoms with Gasteiger partial charge in [0.2, 0.25) is 0 Å². The highest BCUT2D eigenvalue weighted by molar-refractivity contribution is 5.21. The SMILES string of the molecule is Cc1ccc(CN2CCCNC(C)(C3CC3)C2)cc1. The number of nitrogens with zero attached hydrogens (tertiary/aromatic N) is 1. The number of hydrogen-bond acceptors (Lipinski definition) is 2. The summed E-state index contributed by atoms with van der Waals surface area (Å²) in [7, 11) is 0. The molecule has 1 heterocycles. The minimum atomic E-state index is 0.348. The lowest BCUT2D eigenvalue weighted by molar-refractivity contribution is 0.195. The van der Waals surface area contributed by atoms with Gasteiger partial charge < -0.3 is 5.32 Å². The minimum absolute atomic E-state index is 0.348. The van der Waals surface area contributed by atoms with Crippen LogP contribution in [0.2, 0.25) is 0 Å². The van der Waals surface area contributed by atoms with Crippen LogP contribution in [0.5, 0.6) is 0 Å². The quantitative estimate of drug-likeness (QED) is 0.896. The van der Waals surface area contributed by atoms with Gasteiger partial charge >= 0.3 is 0 Å². The Morgan fingerprint density at radius 3 is 2.68 bits per heavy atom. The van der Waals surface area contributed by atoms with Gasteiger partial charge in [-0.2, -0.15) is 0 Å². The largest absolute Gasteiger partial charge is 0.310 e. The van der Waals surface area contributed by atoms with E-state index in [4.69, 9.17) is 0 Å². The molecule has 1 saturated heterocycles. The van der Waals surface area contributed by atoms with E-state index in [1.165, 1.54) is 50.0 Å². The molecular formula is C17H26N2. The first-order chi connectivity index (χ1) is 9.16. The zero-order chi connectivity index (χ0) is 13.3. The van der Waals surface area contributed by atoms with Crippen molar-refractivity contribution in [3.8, 4) is 0 Å². The average molecular weight is 258 g/mol. The van der Waals surface area contributed by atoms with Crippen LogP contribution in [0.1, 0.15) is 37.3 Å². The minimum Gasteiger partial charge on any atom is -0.310 e. The van der Waals surface area contributed by atoms with Crippen molar-refractivity contribution < 1.29 is 0 Å². The summed E-state index contributed by atoms with van der Waals surface area (Å²) in [4.78, 5) is 2.64. The van der Waals surface area contributed by atoms with Crippen molar-refractivity contribution in [2.75, 3.05) is 19.6 Å². The first-order valence-electron chi connectivity index (χ1n) is 7.69. The van der Waals surface area contributed by atoms with Crippen LogP contribution in [0.25, 0.3) is 0 Å². The number of benzene rings is 1. The molecule has 2 aliphatic rings. The molecule has 1 atom stereocenters. The van der Waals surface area contributed by atoms with Gasteiger partial charge in [-0.15, -0.1) is 0 Å². The topological polar surface area (TPSA) is 15.3 Å². The van der Waals surface area contributed by atoms with Gasteiger partial charge in [0.05, 0.1) is 0 Å². The van der Waals surface area contributed by atoms with E-state index in [1.54, 1.807) is 0 Å². The molecule has 19 heavy (non-hydrogen) atoms. The predicted octanol–water partition coefficient (Wildman–Crippen LogP) is 2.96. The third-order valence-corrected chi connectivity index (χ3v) is 4.74. The van der Waals surface area contributed by atoms with Gasteiger partial charge in [-0.1, -0.05) is 29.8 Å². The Morgan fingerprint density at radius 1 is 1.26 bits per heavy atom. The molecule has 1 aliphatic carbocycles. The average Bonchev–Trinajstić information content (AvgIpc) is 3.20. The first-order valence-corrected chi connectivity index (χ1v) is 7.69. The zero-order valence-electron chi connectivity index (χ0n) is 12.3. The first kappa shape index (κ1) is 13.1. The van der Waals surface area contributed by atoms with Gasteiger partial charge in [0, 0.05) is 18.6 Å². The summed E-state index contributed by atoms with van der Waals surface area (Å²) in [5, 5.41) is 3.80. The highest BCUT2D eigenvalue weighted by Gasteiger charge is 2.42. The van der Waals surface area contributed by atoms with Crippen molar-refractivity contribution in [3.63, 3.8) is 0 Å². The van der Waals surface area contributed by atoms with Gasteiger partial charge in [0.1, 0.15) is 0 Å². The molecule has 1 aromatic carbocycles.